The summed E-state index contributed by atoms with van der Waals surface area (Å²) in [5, 5.41) is 16.4. The molecule has 1 N–H and O–H groups in total. The van der Waals surface area contributed by atoms with Crippen molar-refractivity contribution in [3.63, 3.8) is 0 Å². The second-order valence-corrected chi connectivity index (χ2v) is 8.67. The number of hydrogen-bond donors (Lipinski definition) is 1. The van der Waals surface area contributed by atoms with Crippen LogP contribution in [-0.4, -0.2) is 20.9 Å². The lowest BCUT2D eigenvalue weighted by Crippen LogP contribution is -2.14. The lowest BCUT2D eigenvalue weighted by molar-refractivity contribution is 0.102. The van der Waals surface area contributed by atoms with E-state index >= 15 is 0 Å². The van der Waals surface area contributed by atoms with Gasteiger partial charge in [0, 0.05) is 21.0 Å². The van der Waals surface area contributed by atoms with Crippen LogP contribution in [0, 0.1) is 18.3 Å². The number of benzene rings is 2. The molecular formula is C21H19BrN4OS. The first-order chi connectivity index (χ1) is 13.5. The summed E-state index contributed by atoms with van der Waals surface area (Å²) in [6.45, 7) is 3.87. The number of nitrogens with zero attached hydrogens (tertiary/aromatic N) is 3. The second-order valence-electron chi connectivity index (χ2n) is 6.27. The van der Waals surface area contributed by atoms with E-state index in [0.29, 0.717) is 12.0 Å². The van der Waals surface area contributed by atoms with Crippen molar-refractivity contribution >= 4 is 39.3 Å². The Morgan fingerprint density at radius 2 is 2.00 bits per heavy atom. The molecule has 0 spiro atoms. The van der Waals surface area contributed by atoms with Gasteiger partial charge >= 0.3 is 0 Å². The van der Waals surface area contributed by atoms with Crippen molar-refractivity contribution in [2.75, 3.05) is 5.32 Å². The first-order valence-corrected chi connectivity index (χ1v) is 10.4. The summed E-state index contributed by atoms with van der Waals surface area (Å²) in [4.78, 5) is 13.8. The molecule has 3 rings (SSSR count). The summed E-state index contributed by atoms with van der Waals surface area (Å²) < 4.78 is 2.73. The third kappa shape index (κ3) is 4.64. The van der Waals surface area contributed by atoms with Crippen molar-refractivity contribution in [2.24, 2.45) is 0 Å². The lowest BCUT2D eigenvalue weighted by atomic mass is 10.2. The molecule has 5 nitrogen and oxygen atoms in total. The van der Waals surface area contributed by atoms with Crippen molar-refractivity contribution in [1.29, 1.82) is 5.26 Å². The number of para-hydroxylation sites is 1. The number of rotatable bonds is 6. The molecule has 0 aliphatic heterocycles. The highest BCUT2D eigenvalue weighted by molar-refractivity contribution is 9.10. The number of hydrogen-bond acceptors (Lipinski definition) is 4. The Labute approximate surface area is 176 Å². The average molecular weight is 455 g/mol. The smallest absolute Gasteiger partial charge is 0.259 e. The molecule has 142 valence electrons. The minimum Gasteiger partial charge on any atom is -0.321 e. The van der Waals surface area contributed by atoms with E-state index in [4.69, 9.17) is 5.26 Å². The van der Waals surface area contributed by atoms with E-state index in [0.717, 1.165) is 26.4 Å². The maximum Gasteiger partial charge on any atom is 0.259 e. The van der Waals surface area contributed by atoms with Crippen LogP contribution in [0.3, 0.4) is 0 Å². The Morgan fingerprint density at radius 3 is 2.71 bits per heavy atom. The highest BCUT2D eigenvalue weighted by Crippen LogP contribution is 2.32. The molecule has 0 bridgehead atoms. The highest BCUT2D eigenvalue weighted by Gasteiger charge is 2.17. The van der Waals surface area contributed by atoms with Gasteiger partial charge in [0.15, 0.2) is 0 Å². The molecule has 1 heterocycles. The minimum absolute atomic E-state index is 0.143. The molecule has 0 saturated carbocycles. The Bertz CT molecular complexity index is 1020. The molecule has 0 aliphatic rings. The third-order valence-corrected chi connectivity index (χ3v) is 5.88. The summed E-state index contributed by atoms with van der Waals surface area (Å²) in [5.41, 5.74) is 2.91. The molecule has 0 aliphatic carbocycles. The zero-order valence-electron chi connectivity index (χ0n) is 15.5. The topological polar surface area (TPSA) is 70.7 Å². The number of aromatic nitrogens is 2. The number of halogens is 1. The summed E-state index contributed by atoms with van der Waals surface area (Å²) in [5.74, 6) is -0.207. The molecule has 7 heteroatoms. The van der Waals surface area contributed by atoms with Crippen LogP contribution in [0.1, 0.15) is 29.4 Å². The molecule has 3 aromatic rings. The number of nitriles is 1. The molecule has 28 heavy (non-hydrogen) atoms. The first-order valence-electron chi connectivity index (χ1n) is 8.74. The number of anilines is 1. The van der Waals surface area contributed by atoms with Gasteiger partial charge in [0.25, 0.3) is 5.91 Å². The first kappa shape index (κ1) is 20.2. The number of amides is 1. The van der Waals surface area contributed by atoms with Crippen LogP contribution >= 0.6 is 27.7 Å². The number of carbonyl (C=O) groups is 1. The standard InChI is InChI=1S/C21H19BrN4OS/c1-14(11-12-23)28-20-6-4-3-5-19(20)25-21(27)18-13-24-26(15(18)2)17-9-7-16(22)8-10-17/h3-10,13-14H,11H2,1-2H3,(H,25,27). The van der Waals surface area contributed by atoms with Crippen LogP contribution in [-0.2, 0) is 0 Å². The largest absolute Gasteiger partial charge is 0.321 e. The zero-order valence-corrected chi connectivity index (χ0v) is 17.9. The molecule has 1 aromatic heterocycles. The Balaban J connectivity index is 1.81. The zero-order chi connectivity index (χ0) is 20.1. The van der Waals surface area contributed by atoms with Gasteiger partial charge in [-0.3, -0.25) is 4.79 Å². The van der Waals surface area contributed by atoms with Gasteiger partial charge in [-0.15, -0.1) is 11.8 Å². The third-order valence-electron chi connectivity index (χ3n) is 4.17. The van der Waals surface area contributed by atoms with E-state index in [1.54, 1.807) is 22.6 Å². The second kappa shape index (κ2) is 9.09. The van der Waals surface area contributed by atoms with Gasteiger partial charge in [-0.05, 0) is 43.3 Å². The Hall–Kier alpha value is -2.56. The van der Waals surface area contributed by atoms with Gasteiger partial charge in [0.1, 0.15) is 0 Å². The Morgan fingerprint density at radius 1 is 1.29 bits per heavy atom. The maximum atomic E-state index is 12.9. The lowest BCUT2D eigenvalue weighted by Gasteiger charge is -2.13. The monoisotopic (exact) mass is 454 g/mol. The molecule has 1 unspecified atom stereocenters. The van der Waals surface area contributed by atoms with Crippen molar-refractivity contribution < 1.29 is 4.79 Å². The van der Waals surface area contributed by atoms with Gasteiger partial charge in [-0.2, -0.15) is 10.4 Å². The predicted octanol–water partition coefficient (Wildman–Crippen LogP) is 5.59. The van der Waals surface area contributed by atoms with Crippen LogP contribution in [0.25, 0.3) is 5.69 Å². The maximum absolute atomic E-state index is 12.9. The molecule has 1 amide bonds. The van der Waals surface area contributed by atoms with Crippen LogP contribution < -0.4 is 5.32 Å². The normalized spacial score (nSPS) is 11.6. The van der Waals surface area contributed by atoms with E-state index in [1.807, 2.05) is 62.4 Å². The molecular weight excluding hydrogens is 436 g/mol. The van der Waals surface area contributed by atoms with Crippen molar-refractivity contribution in [3.05, 3.63) is 70.5 Å². The van der Waals surface area contributed by atoms with Crippen molar-refractivity contribution in [3.8, 4) is 11.8 Å². The Kier molecular flexibility index (Phi) is 6.55. The van der Waals surface area contributed by atoms with Crippen LogP contribution in [0.15, 0.2) is 64.1 Å². The fourth-order valence-corrected chi connectivity index (χ4v) is 3.98. The number of carbonyl (C=O) groups excluding carboxylic acids is 1. The van der Waals surface area contributed by atoms with Crippen molar-refractivity contribution in [2.45, 2.75) is 30.4 Å². The van der Waals surface area contributed by atoms with Crippen molar-refractivity contribution in [1.82, 2.24) is 9.78 Å². The summed E-state index contributed by atoms with van der Waals surface area (Å²) in [6.07, 6.45) is 2.03. The SMILES string of the molecule is Cc1c(C(=O)Nc2ccccc2SC(C)CC#N)cnn1-c1ccc(Br)cc1. The van der Waals surface area contributed by atoms with Gasteiger partial charge in [-0.25, -0.2) is 4.68 Å². The fraction of sp³-hybridized carbons (Fsp3) is 0.190. The van der Waals surface area contributed by atoms with Gasteiger partial charge < -0.3 is 5.32 Å². The summed E-state index contributed by atoms with van der Waals surface area (Å²) in [6, 6.07) is 17.6. The van der Waals surface area contributed by atoms with E-state index < -0.39 is 0 Å². The van der Waals surface area contributed by atoms with E-state index in [1.165, 1.54) is 0 Å². The average Bonchev–Trinajstić information content (AvgIpc) is 3.06. The van der Waals surface area contributed by atoms with E-state index in [9.17, 15) is 4.79 Å². The quantitative estimate of drug-likeness (QED) is 0.492. The van der Waals surface area contributed by atoms with Crippen LogP contribution in [0.2, 0.25) is 0 Å². The van der Waals surface area contributed by atoms with Gasteiger partial charge in [0.05, 0.1) is 34.9 Å². The number of thioether (sulfide) groups is 1. The molecule has 0 fully saturated rings. The number of nitrogens with one attached hydrogen (secondary N) is 1. The summed E-state index contributed by atoms with van der Waals surface area (Å²) >= 11 is 5.00. The fourth-order valence-electron chi connectivity index (χ4n) is 2.72. The highest BCUT2D eigenvalue weighted by atomic mass is 79.9. The van der Waals surface area contributed by atoms with E-state index in [-0.39, 0.29) is 11.2 Å². The van der Waals surface area contributed by atoms with Gasteiger partial charge in [0.2, 0.25) is 0 Å². The summed E-state index contributed by atoms with van der Waals surface area (Å²) in [7, 11) is 0. The molecule has 0 radical (unpaired) electrons. The predicted molar refractivity (Wildman–Crippen MR) is 116 cm³/mol. The van der Waals surface area contributed by atoms with E-state index in [2.05, 4.69) is 32.4 Å². The minimum atomic E-state index is -0.207. The van der Waals surface area contributed by atoms with Gasteiger partial charge in [-0.1, -0.05) is 35.0 Å². The molecule has 0 saturated heterocycles. The van der Waals surface area contributed by atoms with Crippen LogP contribution in [0.4, 0.5) is 5.69 Å². The van der Waals surface area contributed by atoms with Crippen LogP contribution in [0.5, 0.6) is 0 Å². The molecule has 1 atom stereocenters. The molecule has 2 aromatic carbocycles.